The van der Waals surface area contributed by atoms with E-state index in [1.54, 1.807) is 0 Å². The van der Waals surface area contributed by atoms with Gasteiger partial charge in [0.1, 0.15) is 0 Å². The normalized spacial score (nSPS) is 18.8. The van der Waals surface area contributed by atoms with Crippen LogP contribution < -0.4 is 10.6 Å². The summed E-state index contributed by atoms with van der Waals surface area (Å²) in [6, 6.07) is 9.05. The number of benzene rings is 1. The summed E-state index contributed by atoms with van der Waals surface area (Å²) < 4.78 is 7.61. The first-order valence-corrected chi connectivity index (χ1v) is 11.2. The Morgan fingerprint density at radius 1 is 1.32 bits per heavy atom. The van der Waals surface area contributed by atoms with E-state index < -0.39 is 0 Å². The Labute approximate surface area is 186 Å². The maximum absolute atomic E-state index is 5.65. The molecule has 1 fully saturated rings. The van der Waals surface area contributed by atoms with Crippen molar-refractivity contribution in [2.75, 3.05) is 26.7 Å². The van der Waals surface area contributed by atoms with Gasteiger partial charge in [-0.25, -0.2) is 0 Å². The van der Waals surface area contributed by atoms with E-state index in [2.05, 4.69) is 77.6 Å². The maximum Gasteiger partial charge on any atom is 0.191 e. The van der Waals surface area contributed by atoms with E-state index in [4.69, 9.17) is 4.74 Å². The molecule has 2 atom stereocenters. The van der Waals surface area contributed by atoms with Crippen LogP contribution in [-0.2, 0) is 31.3 Å². The molecule has 0 aliphatic carbocycles. The van der Waals surface area contributed by atoms with E-state index in [0.717, 1.165) is 50.9 Å². The molecule has 1 aliphatic rings. The largest absolute Gasteiger partial charge is 0.376 e. The van der Waals surface area contributed by atoms with Crippen molar-refractivity contribution in [1.29, 1.82) is 0 Å². The van der Waals surface area contributed by atoms with E-state index in [-0.39, 0.29) is 6.04 Å². The molecule has 2 heterocycles. The van der Waals surface area contributed by atoms with Crippen molar-refractivity contribution >= 4 is 5.96 Å². The predicted octanol–water partition coefficient (Wildman–Crippen LogP) is 2.55. The number of aromatic nitrogens is 2. The minimum Gasteiger partial charge on any atom is -0.376 e. The van der Waals surface area contributed by atoms with Gasteiger partial charge in [0.05, 0.1) is 18.4 Å². The Balaban J connectivity index is 1.52. The second-order valence-corrected chi connectivity index (χ2v) is 8.68. The lowest BCUT2D eigenvalue weighted by Gasteiger charge is -2.31. The summed E-state index contributed by atoms with van der Waals surface area (Å²) in [6.45, 7) is 13.0. The molecular formula is C24H38N6O. The molecule has 1 aromatic heterocycles. The lowest BCUT2D eigenvalue weighted by molar-refractivity contribution is -0.0212. The molecule has 0 spiro atoms. The Kier molecular flexibility index (Phi) is 8.09. The number of aryl methyl sites for hydroxylation is 2. The number of hydrogen-bond donors (Lipinski definition) is 2. The maximum atomic E-state index is 5.65. The molecular weight excluding hydrogens is 388 g/mol. The molecule has 3 rings (SSSR count). The highest BCUT2D eigenvalue weighted by Crippen LogP contribution is 2.14. The number of hydrogen-bond acceptors (Lipinski definition) is 4. The Morgan fingerprint density at radius 2 is 2.10 bits per heavy atom. The summed E-state index contributed by atoms with van der Waals surface area (Å²) in [5, 5.41) is 11.5. The highest BCUT2D eigenvalue weighted by atomic mass is 16.5. The van der Waals surface area contributed by atoms with Crippen LogP contribution in [0.1, 0.15) is 41.9 Å². The molecule has 31 heavy (non-hydrogen) atoms. The molecule has 0 amide bonds. The zero-order chi connectivity index (χ0) is 22.4. The van der Waals surface area contributed by atoms with Gasteiger partial charge in [-0.2, -0.15) is 5.10 Å². The summed E-state index contributed by atoms with van der Waals surface area (Å²) in [7, 11) is 3.82. The fraction of sp³-hybridized carbons (Fsp3) is 0.583. The average Bonchev–Trinajstić information content (AvgIpc) is 2.97. The van der Waals surface area contributed by atoms with E-state index in [1.807, 2.05) is 18.8 Å². The predicted molar refractivity (Wildman–Crippen MR) is 126 cm³/mol. The van der Waals surface area contributed by atoms with Crippen LogP contribution in [0.4, 0.5) is 0 Å². The third-order valence-electron chi connectivity index (χ3n) is 5.96. The second-order valence-electron chi connectivity index (χ2n) is 8.68. The fourth-order valence-electron chi connectivity index (χ4n) is 4.21. The van der Waals surface area contributed by atoms with Crippen LogP contribution >= 0.6 is 0 Å². The third kappa shape index (κ3) is 6.55. The van der Waals surface area contributed by atoms with Crippen LogP contribution in [0.2, 0.25) is 0 Å². The number of morpholine rings is 1. The fourth-order valence-corrected chi connectivity index (χ4v) is 4.21. The van der Waals surface area contributed by atoms with Crippen molar-refractivity contribution in [2.45, 2.75) is 59.4 Å². The quantitative estimate of drug-likeness (QED) is 0.526. The molecule has 2 unspecified atom stereocenters. The van der Waals surface area contributed by atoms with Gasteiger partial charge in [0, 0.05) is 52.0 Å². The van der Waals surface area contributed by atoms with Gasteiger partial charge in [0.25, 0.3) is 0 Å². The second kappa shape index (κ2) is 10.8. The van der Waals surface area contributed by atoms with Crippen LogP contribution in [0, 0.1) is 13.8 Å². The minimum absolute atomic E-state index is 0.252. The van der Waals surface area contributed by atoms with Crippen molar-refractivity contribution in [3.05, 3.63) is 52.3 Å². The molecule has 7 heteroatoms. The number of nitrogens with zero attached hydrogens (tertiary/aromatic N) is 4. The van der Waals surface area contributed by atoms with Crippen molar-refractivity contribution in [2.24, 2.45) is 12.0 Å². The SMILES string of the molecule is CN=C(NCc1cccc(CN2CCOC(C)C2)c1)NC(C)Cc1c(C)nn(C)c1C. The van der Waals surface area contributed by atoms with Gasteiger partial charge in [-0.15, -0.1) is 0 Å². The van der Waals surface area contributed by atoms with Crippen LogP contribution in [0.3, 0.4) is 0 Å². The van der Waals surface area contributed by atoms with Gasteiger partial charge < -0.3 is 15.4 Å². The molecule has 1 aromatic carbocycles. The van der Waals surface area contributed by atoms with Gasteiger partial charge in [-0.05, 0) is 50.8 Å². The molecule has 0 saturated carbocycles. The molecule has 0 bridgehead atoms. The summed E-state index contributed by atoms with van der Waals surface area (Å²) in [5.74, 6) is 0.819. The van der Waals surface area contributed by atoms with Crippen LogP contribution in [0.15, 0.2) is 29.3 Å². The molecule has 1 aliphatic heterocycles. The highest BCUT2D eigenvalue weighted by Gasteiger charge is 2.17. The number of ether oxygens (including phenoxy) is 1. The summed E-state index contributed by atoms with van der Waals surface area (Å²) >= 11 is 0. The summed E-state index contributed by atoms with van der Waals surface area (Å²) in [6.07, 6.45) is 1.23. The van der Waals surface area contributed by atoms with E-state index in [9.17, 15) is 0 Å². The van der Waals surface area contributed by atoms with Gasteiger partial charge >= 0.3 is 0 Å². The Morgan fingerprint density at radius 3 is 2.77 bits per heavy atom. The molecule has 170 valence electrons. The Bertz CT molecular complexity index is 890. The Hall–Kier alpha value is -2.38. The molecule has 7 nitrogen and oxygen atoms in total. The summed E-state index contributed by atoms with van der Waals surface area (Å²) in [5.41, 5.74) is 6.23. The van der Waals surface area contributed by atoms with Crippen LogP contribution in [-0.4, -0.2) is 59.5 Å². The molecule has 0 radical (unpaired) electrons. The lowest BCUT2D eigenvalue weighted by atomic mass is 10.1. The average molecular weight is 427 g/mol. The first kappa shape index (κ1) is 23.3. The minimum atomic E-state index is 0.252. The van der Waals surface area contributed by atoms with E-state index in [1.165, 1.54) is 22.4 Å². The third-order valence-corrected chi connectivity index (χ3v) is 5.96. The number of guanidine groups is 1. The van der Waals surface area contributed by atoms with E-state index >= 15 is 0 Å². The highest BCUT2D eigenvalue weighted by molar-refractivity contribution is 5.79. The smallest absolute Gasteiger partial charge is 0.191 e. The zero-order valence-corrected chi connectivity index (χ0v) is 19.9. The standard InChI is InChI=1S/C24H38N6O/c1-17(12-23-19(3)28-29(6)20(23)4)27-24(25-5)26-14-21-8-7-9-22(13-21)16-30-10-11-31-18(2)15-30/h7-9,13,17-18H,10-12,14-16H2,1-6H3,(H2,25,26,27). The topological polar surface area (TPSA) is 66.7 Å². The van der Waals surface area contributed by atoms with Crippen molar-refractivity contribution in [3.63, 3.8) is 0 Å². The van der Waals surface area contributed by atoms with Crippen molar-refractivity contribution in [3.8, 4) is 0 Å². The molecule has 1 saturated heterocycles. The molecule has 2 aromatic rings. The number of nitrogens with one attached hydrogen (secondary N) is 2. The molecule has 2 N–H and O–H groups in total. The van der Waals surface area contributed by atoms with Crippen molar-refractivity contribution in [1.82, 2.24) is 25.3 Å². The number of aliphatic imine (C=N–C) groups is 1. The van der Waals surface area contributed by atoms with Crippen molar-refractivity contribution < 1.29 is 4.74 Å². The van der Waals surface area contributed by atoms with Gasteiger partial charge in [-0.1, -0.05) is 24.3 Å². The van der Waals surface area contributed by atoms with Gasteiger partial charge in [0.15, 0.2) is 5.96 Å². The van der Waals surface area contributed by atoms with Crippen LogP contribution in [0.25, 0.3) is 0 Å². The van der Waals surface area contributed by atoms with Gasteiger partial charge in [-0.3, -0.25) is 14.6 Å². The lowest BCUT2D eigenvalue weighted by Crippen LogP contribution is -2.42. The number of rotatable bonds is 7. The summed E-state index contributed by atoms with van der Waals surface area (Å²) in [4.78, 5) is 6.87. The monoisotopic (exact) mass is 426 g/mol. The first-order chi connectivity index (χ1) is 14.9. The van der Waals surface area contributed by atoms with Gasteiger partial charge in [0.2, 0.25) is 0 Å². The van der Waals surface area contributed by atoms with Crippen LogP contribution in [0.5, 0.6) is 0 Å². The zero-order valence-electron chi connectivity index (χ0n) is 19.9. The first-order valence-electron chi connectivity index (χ1n) is 11.2. The van der Waals surface area contributed by atoms with E-state index in [0.29, 0.717) is 6.10 Å².